The lowest BCUT2D eigenvalue weighted by atomic mass is 10.0. The molecule has 1 saturated heterocycles. The molecule has 2 atom stereocenters. The summed E-state index contributed by atoms with van der Waals surface area (Å²) in [5, 5.41) is 19.0. The van der Waals surface area contributed by atoms with Crippen LogP contribution in [0.5, 0.6) is 0 Å². The molecule has 2 heterocycles. The molecule has 0 amide bonds. The van der Waals surface area contributed by atoms with Gasteiger partial charge in [0.2, 0.25) is 0 Å². The SMILES string of the molecule is C=C1/C(O)=C\C=C(\O)CC2CCC1O2. The first-order valence-electron chi connectivity index (χ1n) is 4.80. The van der Waals surface area contributed by atoms with E-state index >= 15 is 0 Å². The smallest absolute Gasteiger partial charge is 0.120 e. The minimum absolute atomic E-state index is 0.0623. The van der Waals surface area contributed by atoms with Gasteiger partial charge in [-0.25, -0.2) is 0 Å². The lowest BCUT2D eigenvalue weighted by molar-refractivity contribution is 0.0584. The van der Waals surface area contributed by atoms with E-state index in [0.29, 0.717) is 12.0 Å². The molecule has 2 rings (SSSR count). The van der Waals surface area contributed by atoms with Gasteiger partial charge in [0.1, 0.15) is 5.76 Å². The fourth-order valence-electron chi connectivity index (χ4n) is 1.86. The topological polar surface area (TPSA) is 49.7 Å². The van der Waals surface area contributed by atoms with E-state index in [9.17, 15) is 10.2 Å². The molecule has 0 aromatic heterocycles. The Morgan fingerprint density at radius 1 is 1.29 bits per heavy atom. The number of ether oxygens (including phenoxy) is 1. The second-order valence-electron chi connectivity index (χ2n) is 3.76. The third kappa shape index (κ3) is 1.68. The predicted molar refractivity (Wildman–Crippen MR) is 53.1 cm³/mol. The number of allylic oxidation sites excluding steroid dienone is 2. The minimum atomic E-state index is -0.0875. The fourth-order valence-corrected chi connectivity index (χ4v) is 1.86. The number of aliphatic hydroxyl groups is 2. The maximum atomic E-state index is 9.57. The summed E-state index contributed by atoms with van der Waals surface area (Å²) in [5.41, 5.74) is 0.610. The Morgan fingerprint density at radius 3 is 2.86 bits per heavy atom. The van der Waals surface area contributed by atoms with Crippen LogP contribution in [0.3, 0.4) is 0 Å². The second kappa shape index (κ2) is 3.50. The molecule has 14 heavy (non-hydrogen) atoms. The summed E-state index contributed by atoms with van der Waals surface area (Å²) < 4.78 is 5.63. The number of fused-ring (bicyclic) bond motifs is 2. The molecule has 2 bridgehead atoms. The molecule has 0 aromatic carbocycles. The van der Waals surface area contributed by atoms with Gasteiger partial charge < -0.3 is 14.9 Å². The molecule has 2 N–H and O–H groups in total. The van der Waals surface area contributed by atoms with Crippen molar-refractivity contribution in [1.82, 2.24) is 0 Å². The lowest BCUT2D eigenvalue weighted by Crippen LogP contribution is -2.13. The molecule has 0 spiro atoms. The first-order valence-corrected chi connectivity index (χ1v) is 4.80. The molecular formula is C11H14O3. The van der Waals surface area contributed by atoms with E-state index < -0.39 is 0 Å². The molecule has 3 heteroatoms. The van der Waals surface area contributed by atoms with E-state index in [1.807, 2.05) is 0 Å². The zero-order valence-electron chi connectivity index (χ0n) is 7.94. The zero-order chi connectivity index (χ0) is 10.1. The summed E-state index contributed by atoms with van der Waals surface area (Å²) in [6.45, 7) is 3.79. The Kier molecular flexibility index (Phi) is 2.33. The van der Waals surface area contributed by atoms with Crippen LogP contribution >= 0.6 is 0 Å². The van der Waals surface area contributed by atoms with Gasteiger partial charge in [0, 0.05) is 12.0 Å². The van der Waals surface area contributed by atoms with Crippen molar-refractivity contribution >= 4 is 0 Å². The highest BCUT2D eigenvalue weighted by Gasteiger charge is 2.29. The van der Waals surface area contributed by atoms with Gasteiger partial charge >= 0.3 is 0 Å². The monoisotopic (exact) mass is 194 g/mol. The number of hydrogen-bond acceptors (Lipinski definition) is 3. The van der Waals surface area contributed by atoms with Gasteiger partial charge in [-0.1, -0.05) is 6.58 Å². The van der Waals surface area contributed by atoms with E-state index in [0.717, 1.165) is 12.8 Å². The first-order chi connectivity index (χ1) is 6.66. The molecular weight excluding hydrogens is 180 g/mol. The average molecular weight is 194 g/mol. The Bertz CT molecular complexity index is 314. The van der Waals surface area contributed by atoms with Crippen LogP contribution in [-0.4, -0.2) is 22.4 Å². The van der Waals surface area contributed by atoms with Crippen LogP contribution in [0.2, 0.25) is 0 Å². The quantitative estimate of drug-likeness (QED) is 0.622. The molecule has 0 aromatic rings. The highest BCUT2D eigenvalue weighted by Crippen LogP contribution is 2.31. The molecule has 1 fully saturated rings. The van der Waals surface area contributed by atoms with Gasteiger partial charge in [-0.15, -0.1) is 0 Å². The molecule has 2 unspecified atom stereocenters. The summed E-state index contributed by atoms with van der Waals surface area (Å²) in [7, 11) is 0. The highest BCUT2D eigenvalue weighted by molar-refractivity contribution is 5.31. The molecule has 0 radical (unpaired) electrons. The molecule has 0 saturated carbocycles. The third-order valence-electron chi connectivity index (χ3n) is 2.70. The number of rotatable bonds is 0. The maximum absolute atomic E-state index is 9.57. The summed E-state index contributed by atoms with van der Waals surface area (Å²) in [5.74, 6) is 0.348. The Hall–Kier alpha value is -1.22. The number of hydrogen-bond donors (Lipinski definition) is 2. The van der Waals surface area contributed by atoms with Crippen molar-refractivity contribution in [2.45, 2.75) is 31.5 Å². The van der Waals surface area contributed by atoms with Gasteiger partial charge in [0.05, 0.1) is 18.0 Å². The van der Waals surface area contributed by atoms with Crippen molar-refractivity contribution in [2.75, 3.05) is 0 Å². The Labute approximate surface area is 83.0 Å². The van der Waals surface area contributed by atoms with Crippen LogP contribution < -0.4 is 0 Å². The Morgan fingerprint density at radius 2 is 2.07 bits per heavy atom. The minimum Gasteiger partial charge on any atom is -0.512 e. The van der Waals surface area contributed by atoms with Gasteiger partial charge in [-0.2, -0.15) is 0 Å². The van der Waals surface area contributed by atoms with Gasteiger partial charge in [-0.05, 0) is 25.0 Å². The van der Waals surface area contributed by atoms with Crippen molar-refractivity contribution in [3.8, 4) is 0 Å². The predicted octanol–water partition coefficient (Wildman–Crippen LogP) is 2.38. The third-order valence-corrected chi connectivity index (χ3v) is 2.70. The van der Waals surface area contributed by atoms with Crippen LogP contribution in [0.1, 0.15) is 19.3 Å². The molecule has 2 aliphatic rings. The van der Waals surface area contributed by atoms with Crippen molar-refractivity contribution in [1.29, 1.82) is 0 Å². The van der Waals surface area contributed by atoms with Gasteiger partial charge in [0.25, 0.3) is 0 Å². The van der Waals surface area contributed by atoms with E-state index in [1.54, 1.807) is 0 Å². The van der Waals surface area contributed by atoms with Crippen LogP contribution in [0, 0.1) is 0 Å². The maximum Gasteiger partial charge on any atom is 0.120 e. The first kappa shape index (κ1) is 9.34. The summed E-state index contributed by atoms with van der Waals surface area (Å²) in [6.07, 6.45) is 5.26. The fraction of sp³-hybridized carbons (Fsp3) is 0.455. The molecule has 0 aliphatic carbocycles. The molecule has 3 nitrogen and oxygen atoms in total. The second-order valence-corrected chi connectivity index (χ2v) is 3.76. The normalized spacial score (nSPS) is 40.1. The van der Waals surface area contributed by atoms with Crippen LogP contribution in [-0.2, 0) is 4.74 Å². The van der Waals surface area contributed by atoms with Gasteiger partial charge in [0.15, 0.2) is 0 Å². The van der Waals surface area contributed by atoms with E-state index in [2.05, 4.69) is 6.58 Å². The zero-order valence-corrected chi connectivity index (χ0v) is 7.94. The summed E-state index contributed by atoms with van der Waals surface area (Å²) >= 11 is 0. The van der Waals surface area contributed by atoms with Crippen LogP contribution in [0.4, 0.5) is 0 Å². The van der Waals surface area contributed by atoms with E-state index in [4.69, 9.17) is 4.74 Å². The average Bonchev–Trinajstić information content (AvgIpc) is 2.61. The van der Waals surface area contributed by atoms with Crippen molar-refractivity contribution in [3.05, 3.63) is 35.8 Å². The molecule has 2 aliphatic heterocycles. The summed E-state index contributed by atoms with van der Waals surface area (Å²) in [6, 6.07) is 0. The van der Waals surface area contributed by atoms with Crippen molar-refractivity contribution < 1.29 is 14.9 Å². The summed E-state index contributed by atoms with van der Waals surface area (Å²) in [4.78, 5) is 0. The van der Waals surface area contributed by atoms with Gasteiger partial charge in [-0.3, -0.25) is 0 Å². The Balaban J connectivity index is 2.28. The highest BCUT2D eigenvalue weighted by atomic mass is 16.5. The largest absolute Gasteiger partial charge is 0.512 e. The lowest BCUT2D eigenvalue weighted by Gasteiger charge is -2.13. The standard InChI is InChI=1S/C11H14O3/c1-7-10(13)4-2-8(12)6-9-3-5-11(7)14-9/h2,4,9,11-13H,1,3,5-6H2/b8-2+,10-4+. The van der Waals surface area contributed by atoms with E-state index in [-0.39, 0.29) is 23.7 Å². The van der Waals surface area contributed by atoms with Crippen LogP contribution in [0.25, 0.3) is 0 Å². The van der Waals surface area contributed by atoms with Crippen molar-refractivity contribution in [3.63, 3.8) is 0 Å². The van der Waals surface area contributed by atoms with Crippen molar-refractivity contribution in [2.24, 2.45) is 0 Å². The van der Waals surface area contributed by atoms with Crippen LogP contribution in [0.15, 0.2) is 35.8 Å². The molecule has 76 valence electrons. The number of aliphatic hydroxyl groups excluding tert-OH is 2. The van der Waals surface area contributed by atoms with E-state index in [1.165, 1.54) is 12.2 Å².